The first-order valence-electron chi connectivity index (χ1n) is 14.5. The highest BCUT2D eigenvalue weighted by molar-refractivity contribution is 5.92. The van der Waals surface area contributed by atoms with E-state index in [1.807, 2.05) is 0 Å². The number of carbonyl (C=O) groups is 9. The number of nitrogens with zero attached hydrogens (tertiary/aromatic N) is 6. The number of hydrogen-bond donors (Lipinski definition) is 6. The van der Waals surface area contributed by atoms with Crippen LogP contribution in [-0.4, -0.2) is 214 Å². The fraction of sp³-hybridized carbons (Fsp3) is 0.667. The second-order valence-corrected chi connectivity index (χ2v) is 10.9. The molecule has 1 atom stereocenters. The number of carboxylic acids is 1. The topological polar surface area (TPSA) is 262 Å². The van der Waals surface area contributed by atoms with Crippen molar-refractivity contribution in [3.8, 4) is 0 Å². The van der Waals surface area contributed by atoms with Crippen LogP contribution in [0.4, 0.5) is 0 Å². The SMILES string of the molecule is CNCC(=O)N(C)CC(=O)N(C)CC(=O)NCC(O)N(C)CC(=O)N(C)CC(=O)NCC(=O)N(C)CC(=O)N(C)CC(=O)NCC(=O)O. The molecule has 0 rings (SSSR count). The van der Waals surface area contributed by atoms with Gasteiger partial charge in [0.25, 0.3) is 0 Å². The molecular formula is C27H48N10O11. The summed E-state index contributed by atoms with van der Waals surface area (Å²) >= 11 is 0. The number of aliphatic hydroxyl groups excluding tert-OH is 1. The molecule has 0 fully saturated rings. The van der Waals surface area contributed by atoms with Gasteiger partial charge in [0.1, 0.15) is 12.8 Å². The fourth-order valence-electron chi connectivity index (χ4n) is 3.47. The van der Waals surface area contributed by atoms with E-state index in [9.17, 15) is 48.3 Å². The standard InChI is InChI=1S/C27H48N10O11/c1-28-8-21(41)35(5)15-24(44)32(2)12-18(38)29-9-22(42)36(6)16-25(45)33(3)13-19(39)30-10-23(43)37(7)17-26(46)34(4)14-20(40)31-11-27(47)48/h22,28,42H,8-17H2,1-7H3,(H,29,38)(H,30,39)(H,31,40)(H,47,48). The molecule has 0 bridgehead atoms. The van der Waals surface area contributed by atoms with Crippen LogP contribution in [0.1, 0.15) is 0 Å². The number of amides is 8. The van der Waals surface area contributed by atoms with Gasteiger partial charge in [0, 0.05) is 35.2 Å². The van der Waals surface area contributed by atoms with E-state index in [-0.39, 0.29) is 38.6 Å². The van der Waals surface area contributed by atoms with E-state index in [2.05, 4.69) is 21.3 Å². The van der Waals surface area contributed by atoms with Gasteiger partial charge in [0.05, 0.1) is 58.9 Å². The monoisotopic (exact) mass is 688 g/mol. The molecule has 8 amide bonds. The zero-order valence-corrected chi connectivity index (χ0v) is 28.4. The minimum absolute atomic E-state index is 0.0550. The molecule has 6 N–H and O–H groups in total. The quantitative estimate of drug-likeness (QED) is 0.0614. The Labute approximate surface area is 278 Å². The first-order chi connectivity index (χ1) is 22.3. The normalized spacial score (nSPS) is 11.1. The van der Waals surface area contributed by atoms with Crippen LogP contribution in [0, 0.1) is 0 Å². The van der Waals surface area contributed by atoms with Gasteiger partial charge in [-0.25, -0.2) is 0 Å². The maximum absolute atomic E-state index is 12.6. The number of hydrogen-bond acceptors (Lipinski definition) is 12. The number of likely N-dealkylation sites (N-methyl/N-ethyl adjacent to an activating group) is 7. The Hall–Kier alpha value is -4.89. The summed E-state index contributed by atoms with van der Waals surface area (Å²) in [7, 11) is 9.78. The Balaban J connectivity index is 4.55. The minimum atomic E-state index is -1.29. The maximum Gasteiger partial charge on any atom is 0.322 e. The zero-order chi connectivity index (χ0) is 37.1. The first-order valence-corrected chi connectivity index (χ1v) is 14.5. The summed E-state index contributed by atoms with van der Waals surface area (Å²) in [6.07, 6.45) is -1.29. The molecule has 272 valence electrons. The molecule has 0 spiro atoms. The molecule has 0 aliphatic rings. The van der Waals surface area contributed by atoms with E-state index in [1.165, 1.54) is 52.1 Å². The van der Waals surface area contributed by atoms with Crippen molar-refractivity contribution in [3.63, 3.8) is 0 Å². The van der Waals surface area contributed by atoms with Crippen LogP contribution in [-0.2, 0) is 43.2 Å². The van der Waals surface area contributed by atoms with Gasteiger partial charge in [0.2, 0.25) is 47.3 Å². The van der Waals surface area contributed by atoms with E-state index in [4.69, 9.17) is 5.11 Å². The number of carbonyl (C=O) groups excluding carboxylic acids is 8. The Morgan fingerprint density at radius 3 is 1.27 bits per heavy atom. The van der Waals surface area contributed by atoms with Crippen LogP contribution in [0.5, 0.6) is 0 Å². The van der Waals surface area contributed by atoms with Crippen LogP contribution < -0.4 is 21.3 Å². The van der Waals surface area contributed by atoms with Crippen LogP contribution in [0.2, 0.25) is 0 Å². The maximum atomic E-state index is 12.6. The van der Waals surface area contributed by atoms with E-state index < -0.39 is 86.3 Å². The van der Waals surface area contributed by atoms with Gasteiger partial charge in [-0.2, -0.15) is 0 Å². The largest absolute Gasteiger partial charge is 0.480 e. The average Bonchev–Trinajstić information content (AvgIpc) is 3.00. The zero-order valence-electron chi connectivity index (χ0n) is 28.4. The molecule has 0 aromatic heterocycles. The van der Waals surface area contributed by atoms with E-state index in [0.29, 0.717) is 0 Å². The Kier molecular flexibility index (Phi) is 19.6. The van der Waals surface area contributed by atoms with Gasteiger partial charge >= 0.3 is 5.97 Å². The third kappa shape index (κ3) is 17.7. The molecular weight excluding hydrogens is 640 g/mol. The molecule has 0 aliphatic heterocycles. The summed E-state index contributed by atoms with van der Waals surface area (Å²) < 4.78 is 0. The number of carboxylic acid groups (broad SMARTS) is 1. The molecule has 0 radical (unpaired) electrons. The van der Waals surface area contributed by atoms with Crippen molar-refractivity contribution >= 4 is 53.2 Å². The predicted molar refractivity (Wildman–Crippen MR) is 167 cm³/mol. The van der Waals surface area contributed by atoms with Crippen molar-refractivity contribution in [2.24, 2.45) is 0 Å². The van der Waals surface area contributed by atoms with Crippen molar-refractivity contribution in [2.45, 2.75) is 6.23 Å². The van der Waals surface area contributed by atoms with Gasteiger partial charge in [0.15, 0.2) is 0 Å². The summed E-state index contributed by atoms with van der Waals surface area (Å²) in [4.78, 5) is 115. The van der Waals surface area contributed by atoms with E-state index in [0.717, 1.165) is 19.6 Å². The third-order valence-corrected chi connectivity index (χ3v) is 6.59. The lowest BCUT2D eigenvalue weighted by Gasteiger charge is -2.26. The molecule has 0 saturated heterocycles. The molecule has 21 heteroatoms. The Morgan fingerprint density at radius 1 is 0.500 bits per heavy atom. The molecule has 0 aromatic carbocycles. The smallest absolute Gasteiger partial charge is 0.322 e. The minimum Gasteiger partial charge on any atom is -0.480 e. The molecule has 21 nitrogen and oxygen atoms in total. The number of aliphatic hydroxyl groups is 1. The molecule has 0 heterocycles. The summed E-state index contributed by atoms with van der Waals surface area (Å²) in [6.45, 7) is -3.48. The van der Waals surface area contributed by atoms with Gasteiger partial charge < -0.3 is 56.0 Å². The number of rotatable bonds is 21. The summed E-state index contributed by atoms with van der Waals surface area (Å²) in [6, 6.07) is 0. The van der Waals surface area contributed by atoms with Crippen LogP contribution in [0.3, 0.4) is 0 Å². The highest BCUT2D eigenvalue weighted by Crippen LogP contribution is 1.96. The lowest BCUT2D eigenvalue weighted by atomic mass is 10.3. The van der Waals surface area contributed by atoms with Gasteiger partial charge in [-0.15, -0.1) is 0 Å². The van der Waals surface area contributed by atoms with Gasteiger partial charge in [-0.1, -0.05) is 0 Å². The van der Waals surface area contributed by atoms with Crippen molar-refractivity contribution in [1.82, 2.24) is 50.7 Å². The highest BCUT2D eigenvalue weighted by Gasteiger charge is 2.22. The van der Waals surface area contributed by atoms with E-state index >= 15 is 0 Å². The average molecular weight is 689 g/mol. The van der Waals surface area contributed by atoms with Gasteiger partial charge in [-0.3, -0.25) is 48.1 Å². The highest BCUT2D eigenvalue weighted by atomic mass is 16.4. The molecule has 0 aliphatic carbocycles. The van der Waals surface area contributed by atoms with Crippen LogP contribution >= 0.6 is 0 Å². The van der Waals surface area contributed by atoms with Crippen molar-refractivity contribution in [1.29, 1.82) is 0 Å². The number of nitrogens with one attached hydrogen (secondary N) is 4. The fourth-order valence-corrected chi connectivity index (χ4v) is 3.47. The van der Waals surface area contributed by atoms with Crippen LogP contribution in [0.15, 0.2) is 0 Å². The molecule has 48 heavy (non-hydrogen) atoms. The summed E-state index contributed by atoms with van der Waals surface area (Å²) in [5, 5.41) is 28.5. The van der Waals surface area contributed by atoms with Crippen LogP contribution in [0.25, 0.3) is 0 Å². The Bertz CT molecular complexity index is 1190. The lowest BCUT2D eigenvalue weighted by molar-refractivity contribution is -0.141. The second-order valence-electron chi connectivity index (χ2n) is 10.9. The van der Waals surface area contributed by atoms with Crippen molar-refractivity contribution in [3.05, 3.63) is 0 Å². The molecule has 0 aromatic rings. The second kappa shape index (κ2) is 21.8. The third-order valence-electron chi connectivity index (χ3n) is 6.59. The summed E-state index contributed by atoms with van der Waals surface area (Å²) in [5.41, 5.74) is 0. The predicted octanol–water partition coefficient (Wildman–Crippen LogP) is -6.82. The molecule has 1 unspecified atom stereocenters. The summed E-state index contributed by atoms with van der Waals surface area (Å²) in [5.74, 6) is -5.80. The van der Waals surface area contributed by atoms with Gasteiger partial charge in [-0.05, 0) is 14.1 Å². The van der Waals surface area contributed by atoms with E-state index in [1.54, 1.807) is 7.05 Å². The molecule has 0 saturated carbocycles. The Morgan fingerprint density at radius 2 is 0.854 bits per heavy atom. The van der Waals surface area contributed by atoms with Crippen molar-refractivity contribution in [2.75, 3.05) is 115 Å². The first kappa shape index (κ1) is 43.1. The lowest BCUT2D eigenvalue weighted by Crippen LogP contribution is -2.50. The van der Waals surface area contributed by atoms with Crippen molar-refractivity contribution < 1.29 is 53.4 Å². The number of aliphatic carboxylic acids is 1.